The summed E-state index contributed by atoms with van der Waals surface area (Å²) >= 11 is 0. The third-order valence-electron chi connectivity index (χ3n) is 7.10. The molecule has 8 nitrogen and oxygen atoms in total. The minimum Gasteiger partial charge on any atom is -0.503 e. The van der Waals surface area contributed by atoms with E-state index in [9.17, 15) is 28.3 Å². The lowest BCUT2D eigenvalue weighted by molar-refractivity contribution is -0.905. The Morgan fingerprint density at radius 2 is 2.09 bits per heavy atom. The van der Waals surface area contributed by atoms with Crippen LogP contribution in [-0.2, 0) is 20.9 Å². The first-order valence-corrected chi connectivity index (χ1v) is 10.6. The number of fused-ring (bicyclic) bond motifs is 1. The lowest BCUT2D eigenvalue weighted by Crippen LogP contribution is -2.78. The lowest BCUT2D eigenvalue weighted by atomic mass is 9.86. The van der Waals surface area contributed by atoms with Crippen molar-refractivity contribution in [2.75, 3.05) is 32.7 Å². The molecule has 5 rings (SSSR count). The Bertz CT molecular complexity index is 1120. The van der Waals surface area contributed by atoms with E-state index in [1.807, 2.05) is 0 Å². The first-order chi connectivity index (χ1) is 15.3. The number of aliphatic hydroxyl groups is 1. The largest absolute Gasteiger partial charge is 0.503 e. The quantitative estimate of drug-likeness (QED) is 0.590. The summed E-state index contributed by atoms with van der Waals surface area (Å²) < 4.78 is 27.2. The summed E-state index contributed by atoms with van der Waals surface area (Å²) in [6, 6.07) is 3.15. The Balaban J connectivity index is 1.54. The lowest BCUT2D eigenvalue weighted by Gasteiger charge is -2.54. The molecule has 3 N–H and O–H groups in total. The van der Waals surface area contributed by atoms with Gasteiger partial charge in [0.15, 0.2) is 11.5 Å². The molecule has 0 spiro atoms. The highest BCUT2D eigenvalue weighted by Gasteiger charge is 2.73. The molecule has 1 aromatic carbocycles. The zero-order valence-electron chi connectivity index (χ0n) is 17.3. The fourth-order valence-electron chi connectivity index (χ4n) is 5.63. The Morgan fingerprint density at radius 1 is 1.28 bits per heavy atom. The standard InChI is InChI=1S/C22H22F2N4O4/c23-14-4-3-13(16(24)10-14)11-26-20(31)15-2-1-8-28-9-6-25-12-22(15,28)27-7-5-17(29)19(30)18(27)21(28)32/h2-4,10,25H,1,5-9,11-12H2,(H-,26,30,31,32)/p+1. The van der Waals surface area contributed by atoms with Crippen molar-refractivity contribution in [2.45, 2.75) is 25.0 Å². The number of aliphatic hydroxyl groups excluding tert-OH is 1. The van der Waals surface area contributed by atoms with Gasteiger partial charge in [0.25, 0.3) is 5.91 Å². The topological polar surface area (TPSA) is 98.7 Å². The first-order valence-electron chi connectivity index (χ1n) is 10.6. The average molecular weight is 445 g/mol. The highest BCUT2D eigenvalue weighted by atomic mass is 19.1. The Labute approximate surface area is 182 Å². The average Bonchev–Trinajstić information content (AvgIpc) is 3.01. The van der Waals surface area contributed by atoms with Crippen molar-refractivity contribution in [1.29, 1.82) is 0 Å². The molecule has 4 heterocycles. The molecule has 0 saturated carbocycles. The number of benzene rings is 1. The number of amides is 2. The third-order valence-corrected chi connectivity index (χ3v) is 7.10. The van der Waals surface area contributed by atoms with Crippen molar-refractivity contribution < 1.29 is 32.8 Å². The summed E-state index contributed by atoms with van der Waals surface area (Å²) in [4.78, 5) is 40.8. The highest BCUT2D eigenvalue weighted by Crippen LogP contribution is 2.51. The molecular formula is C22H23F2N4O4+. The molecule has 2 atom stereocenters. The molecule has 168 valence electrons. The number of ketones is 1. The number of quaternary nitrogens is 1. The second-order valence-electron chi connectivity index (χ2n) is 8.56. The number of rotatable bonds is 3. The van der Waals surface area contributed by atoms with E-state index in [2.05, 4.69) is 10.6 Å². The number of hydrogen-bond donors (Lipinski definition) is 3. The molecule has 2 unspecified atom stereocenters. The maximum absolute atomic E-state index is 14.0. The predicted octanol–water partition coefficient (Wildman–Crippen LogP) is 0.612. The Morgan fingerprint density at radius 3 is 2.88 bits per heavy atom. The van der Waals surface area contributed by atoms with Gasteiger partial charge in [-0.2, -0.15) is 0 Å². The van der Waals surface area contributed by atoms with Gasteiger partial charge in [0.2, 0.25) is 11.4 Å². The zero-order chi connectivity index (χ0) is 22.7. The third kappa shape index (κ3) is 2.62. The number of nitrogens with one attached hydrogen (secondary N) is 2. The molecule has 4 aliphatic rings. The summed E-state index contributed by atoms with van der Waals surface area (Å²) in [6.07, 6.45) is 2.29. The fourth-order valence-corrected chi connectivity index (χ4v) is 5.63. The van der Waals surface area contributed by atoms with Gasteiger partial charge in [-0.25, -0.2) is 18.1 Å². The van der Waals surface area contributed by atoms with E-state index in [1.165, 1.54) is 6.07 Å². The van der Waals surface area contributed by atoms with Gasteiger partial charge in [0, 0.05) is 44.1 Å². The van der Waals surface area contributed by atoms with E-state index in [4.69, 9.17) is 0 Å². The van der Waals surface area contributed by atoms with Gasteiger partial charge in [-0.1, -0.05) is 12.1 Å². The molecular weight excluding hydrogens is 422 g/mol. The summed E-state index contributed by atoms with van der Waals surface area (Å²) in [7, 11) is 0. The molecule has 2 amide bonds. The van der Waals surface area contributed by atoms with Crippen LogP contribution in [0.5, 0.6) is 0 Å². The molecule has 0 radical (unpaired) electrons. The maximum atomic E-state index is 14.0. The molecule has 0 aromatic heterocycles. The molecule has 1 aromatic rings. The van der Waals surface area contributed by atoms with E-state index < -0.39 is 34.7 Å². The number of halogens is 2. The van der Waals surface area contributed by atoms with Crippen LogP contribution in [0.4, 0.5) is 8.78 Å². The van der Waals surface area contributed by atoms with Gasteiger partial charge in [-0.3, -0.25) is 9.59 Å². The fraction of sp³-hybridized carbons (Fsp3) is 0.409. The predicted molar refractivity (Wildman–Crippen MR) is 107 cm³/mol. The number of piperazine rings is 1. The summed E-state index contributed by atoms with van der Waals surface area (Å²) in [5.74, 6) is -3.30. The Kier molecular flexibility index (Phi) is 4.68. The molecule has 32 heavy (non-hydrogen) atoms. The molecule has 0 aliphatic carbocycles. The van der Waals surface area contributed by atoms with Crippen molar-refractivity contribution in [3.8, 4) is 0 Å². The highest BCUT2D eigenvalue weighted by molar-refractivity contribution is 6.06. The van der Waals surface area contributed by atoms with Gasteiger partial charge < -0.3 is 20.6 Å². The van der Waals surface area contributed by atoms with Crippen LogP contribution >= 0.6 is 0 Å². The summed E-state index contributed by atoms with van der Waals surface area (Å²) in [6.45, 7) is 1.77. The van der Waals surface area contributed by atoms with Crippen LogP contribution in [0.25, 0.3) is 0 Å². The number of allylic oxidation sites excluding steroid dienone is 1. The van der Waals surface area contributed by atoms with E-state index in [-0.39, 0.29) is 47.7 Å². The van der Waals surface area contributed by atoms with Crippen molar-refractivity contribution in [2.24, 2.45) is 0 Å². The van der Waals surface area contributed by atoms with Gasteiger partial charge in [-0.05, 0) is 6.07 Å². The van der Waals surface area contributed by atoms with Crippen molar-refractivity contribution in [1.82, 2.24) is 15.5 Å². The van der Waals surface area contributed by atoms with Gasteiger partial charge in [0.05, 0.1) is 18.7 Å². The zero-order valence-corrected chi connectivity index (χ0v) is 17.3. The van der Waals surface area contributed by atoms with Crippen molar-refractivity contribution in [3.63, 3.8) is 0 Å². The van der Waals surface area contributed by atoms with Crippen LogP contribution < -0.4 is 10.6 Å². The van der Waals surface area contributed by atoms with Crippen LogP contribution in [-0.4, -0.2) is 70.5 Å². The smallest absolute Gasteiger partial charge is 0.368 e. The van der Waals surface area contributed by atoms with E-state index in [1.54, 1.807) is 11.0 Å². The van der Waals surface area contributed by atoms with Gasteiger partial charge >= 0.3 is 5.91 Å². The second kappa shape index (κ2) is 7.21. The van der Waals surface area contributed by atoms with Crippen LogP contribution in [0, 0.1) is 11.6 Å². The normalized spacial score (nSPS) is 29.3. The monoisotopic (exact) mass is 445 g/mol. The number of carbonyl (C=O) groups excluding carboxylic acids is 3. The second-order valence-corrected chi connectivity index (χ2v) is 8.56. The molecule has 2 fully saturated rings. The molecule has 2 saturated heterocycles. The van der Waals surface area contributed by atoms with Gasteiger partial charge in [0.1, 0.15) is 18.2 Å². The number of carbonyl (C=O) groups is 3. The summed E-state index contributed by atoms with van der Waals surface area (Å²) in [5, 5.41) is 16.5. The SMILES string of the molecule is O=C1CCN2C(=C1O)C(=O)[N+]13CCC=C(C(=O)NCc4ccc(F)cc4F)C21CNCC3. The van der Waals surface area contributed by atoms with Crippen molar-refractivity contribution in [3.05, 3.63) is 58.5 Å². The van der Waals surface area contributed by atoms with Crippen LogP contribution in [0.2, 0.25) is 0 Å². The maximum Gasteiger partial charge on any atom is 0.368 e. The van der Waals surface area contributed by atoms with Crippen molar-refractivity contribution >= 4 is 17.6 Å². The van der Waals surface area contributed by atoms with Crippen LogP contribution in [0.3, 0.4) is 0 Å². The number of Topliss-reactive ketones (excluding diaryl/α,β-unsaturated/α-hetero) is 1. The van der Waals surface area contributed by atoms with Crippen LogP contribution in [0.1, 0.15) is 18.4 Å². The minimum atomic E-state index is -1.09. The Hall–Kier alpha value is -3.11. The molecule has 10 heteroatoms. The van der Waals surface area contributed by atoms with E-state index >= 15 is 0 Å². The van der Waals surface area contributed by atoms with E-state index in [0.29, 0.717) is 31.6 Å². The summed E-state index contributed by atoms with van der Waals surface area (Å²) in [5.41, 5.74) is -0.622. The van der Waals surface area contributed by atoms with Crippen LogP contribution in [0.15, 0.2) is 41.3 Å². The van der Waals surface area contributed by atoms with E-state index in [0.717, 1.165) is 12.1 Å². The molecule has 0 bridgehead atoms. The first kappa shape index (κ1) is 20.8. The van der Waals surface area contributed by atoms with Gasteiger partial charge in [-0.15, -0.1) is 0 Å². The number of hydrogen-bond acceptors (Lipinski definition) is 6. The minimum absolute atomic E-state index is 0.0184. The number of nitrogens with zero attached hydrogens (tertiary/aromatic N) is 2. The molecule has 4 aliphatic heterocycles.